The number of halogens is 1. The molecule has 4 rings (SSSR count). The Morgan fingerprint density at radius 3 is 2.58 bits per heavy atom. The Bertz CT molecular complexity index is 1120. The fourth-order valence-corrected chi connectivity index (χ4v) is 4.22. The van der Waals surface area contributed by atoms with Crippen LogP contribution in [0.4, 0.5) is 11.4 Å². The normalized spacial score (nSPS) is 14.5. The van der Waals surface area contributed by atoms with E-state index in [0.29, 0.717) is 37.3 Å². The quantitative estimate of drug-likeness (QED) is 0.580. The highest BCUT2D eigenvalue weighted by Gasteiger charge is 2.25. The lowest BCUT2D eigenvalue weighted by atomic mass is 9.96. The van der Waals surface area contributed by atoms with E-state index >= 15 is 0 Å². The van der Waals surface area contributed by atoms with Gasteiger partial charge in [-0.15, -0.1) is 5.10 Å². The lowest BCUT2D eigenvalue weighted by Gasteiger charge is -2.33. The number of nitrogens with two attached hydrogens (primary N) is 1. The minimum absolute atomic E-state index is 0.0892. The molecular weight excluding hydrogens is 460 g/mol. The number of nitrogens with zero attached hydrogens (tertiary/aromatic N) is 4. The van der Waals surface area contributed by atoms with Gasteiger partial charge in [-0.3, -0.25) is 9.59 Å². The first kappa shape index (κ1) is 21.0. The van der Waals surface area contributed by atoms with Gasteiger partial charge in [0.15, 0.2) is 5.69 Å². The molecule has 31 heavy (non-hydrogen) atoms. The fourth-order valence-electron chi connectivity index (χ4n) is 3.83. The Morgan fingerprint density at radius 1 is 1.13 bits per heavy atom. The summed E-state index contributed by atoms with van der Waals surface area (Å²) in [5.74, 6) is -0.655. The van der Waals surface area contributed by atoms with Crippen LogP contribution in [-0.2, 0) is 4.79 Å². The van der Waals surface area contributed by atoms with Crippen molar-refractivity contribution in [2.75, 3.05) is 23.3 Å². The fraction of sp³-hybridized carbons (Fsp3) is 0.273. The molecule has 1 aromatic heterocycles. The van der Waals surface area contributed by atoms with E-state index in [9.17, 15) is 9.59 Å². The van der Waals surface area contributed by atoms with E-state index < -0.39 is 0 Å². The van der Waals surface area contributed by atoms with Gasteiger partial charge in [0.25, 0.3) is 5.91 Å². The summed E-state index contributed by atoms with van der Waals surface area (Å²) in [6.07, 6.45) is 1.41. The van der Waals surface area contributed by atoms with Gasteiger partial charge in [-0.25, -0.2) is 4.68 Å². The predicted molar refractivity (Wildman–Crippen MR) is 122 cm³/mol. The average molecular weight is 483 g/mol. The number of para-hydroxylation sites is 2. The molecule has 3 aromatic rings. The van der Waals surface area contributed by atoms with Crippen LogP contribution in [0.5, 0.6) is 0 Å². The van der Waals surface area contributed by atoms with Gasteiger partial charge in [0.05, 0.1) is 22.8 Å². The molecule has 160 valence electrons. The predicted octanol–water partition coefficient (Wildman–Crippen LogP) is 3.29. The maximum absolute atomic E-state index is 13.0. The van der Waals surface area contributed by atoms with Crippen molar-refractivity contribution in [1.29, 1.82) is 0 Å². The molecule has 0 radical (unpaired) electrons. The first-order valence-corrected chi connectivity index (χ1v) is 10.9. The molecule has 0 unspecified atom stereocenters. The van der Waals surface area contributed by atoms with Gasteiger partial charge in [0.1, 0.15) is 0 Å². The van der Waals surface area contributed by atoms with Crippen LogP contribution in [0.15, 0.2) is 53.0 Å². The molecule has 2 aromatic carbocycles. The molecule has 2 heterocycles. The van der Waals surface area contributed by atoms with Crippen LogP contribution >= 0.6 is 15.9 Å². The van der Waals surface area contributed by atoms with Crippen LogP contribution in [-0.4, -0.2) is 39.9 Å². The van der Waals surface area contributed by atoms with Crippen molar-refractivity contribution in [3.63, 3.8) is 0 Å². The smallest absolute Gasteiger partial charge is 0.278 e. The minimum Gasteiger partial charge on any atom is -0.370 e. The molecule has 0 spiro atoms. The standard InChI is InChI=1S/C22H23BrN6O2/c1-14-20(26-27-29(14)17-6-4-5-16(23)13-17)22(31)25-18-7-2-3-8-19(18)28-11-9-15(10-12-28)21(24)30/h2-8,13,15H,9-12H2,1H3,(H2,24,30)(H,25,31). The lowest BCUT2D eigenvalue weighted by molar-refractivity contribution is -0.122. The second-order valence-electron chi connectivity index (χ2n) is 7.55. The summed E-state index contributed by atoms with van der Waals surface area (Å²) >= 11 is 3.45. The Kier molecular flexibility index (Phi) is 6.03. The molecule has 2 amide bonds. The highest BCUT2D eigenvalue weighted by atomic mass is 79.9. The number of rotatable bonds is 5. The molecule has 3 N–H and O–H groups in total. The van der Waals surface area contributed by atoms with Crippen LogP contribution in [0.2, 0.25) is 0 Å². The second-order valence-corrected chi connectivity index (χ2v) is 8.47. The zero-order valence-corrected chi connectivity index (χ0v) is 18.7. The molecule has 1 aliphatic heterocycles. The highest BCUT2D eigenvalue weighted by molar-refractivity contribution is 9.10. The Hall–Kier alpha value is -3.20. The Balaban J connectivity index is 1.53. The number of aromatic nitrogens is 3. The number of hydrogen-bond acceptors (Lipinski definition) is 5. The van der Waals surface area contributed by atoms with Crippen molar-refractivity contribution in [1.82, 2.24) is 15.0 Å². The summed E-state index contributed by atoms with van der Waals surface area (Å²) in [6, 6.07) is 15.3. The summed E-state index contributed by atoms with van der Waals surface area (Å²) in [7, 11) is 0. The third-order valence-electron chi connectivity index (χ3n) is 5.55. The van der Waals surface area contributed by atoms with Crippen molar-refractivity contribution in [3.8, 4) is 5.69 Å². The van der Waals surface area contributed by atoms with Crippen LogP contribution in [0.25, 0.3) is 5.69 Å². The summed E-state index contributed by atoms with van der Waals surface area (Å²) in [6.45, 7) is 3.23. The average Bonchev–Trinajstić information content (AvgIpc) is 3.15. The molecule has 0 bridgehead atoms. The van der Waals surface area contributed by atoms with E-state index in [4.69, 9.17) is 5.73 Å². The third kappa shape index (κ3) is 4.46. The van der Waals surface area contributed by atoms with Crippen molar-refractivity contribution in [2.24, 2.45) is 11.7 Å². The molecule has 0 saturated carbocycles. The van der Waals surface area contributed by atoms with Gasteiger partial charge >= 0.3 is 0 Å². The topological polar surface area (TPSA) is 106 Å². The van der Waals surface area contributed by atoms with E-state index in [2.05, 4.69) is 36.5 Å². The summed E-state index contributed by atoms with van der Waals surface area (Å²) < 4.78 is 2.56. The Labute approximate surface area is 188 Å². The minimum atomic E-state index is -0.321. The number of piperidine rings is 1. The van der Waals surface area contributed by atoms with Crippen LogP contribution in [0.1, 0.15) is 29.0 Å². The number of carbonyl (C=O) groups excluding carboxylic acids is 2. The molecule has 0 aliphatic carbocycles. The summed E-state index contributed by atoms with van der Waals surface area (Å²) in [5.41, 5.74) is 8.78. The number of nitrogens with one attached hydrogen (secondary N) is 1. The van der Waals surface area contributed by atoms with Gasteiger partial charge in [0, 0.05) is 23.5 Å². The van der Waals surface area contributed by atoms with Crippen LogP contribution in [0, 0.1) is 12.8 Å². The molecule has 1 saturated heterocycles. The van der Waals surface area contributed by atoms with E-state index in [0.717, 1.165) is 15.8 Å². The molecule has 1 aliphatic rings. The van der Waals surface area contributed by atoms with Gasteiger partial charge in [-0.2, -0.15) is 0 Å². The number of amides is 2. The van der Waals surface area contributed by atoms with Gasteiger partial charge < -0.3 is 16.0 Å². The van der Waals surface area contributed by atoms with Gasteiger partial charge in [-0.1, -0.05) is 39.3 Å². The van der Waals surface area contributed by atoms with Crippen molar-refractivity contribution in [2.45, 2.75) is 19.8 Å². The van der Waals surface area contributed by atoms with Crippen molar-refractivity contribution < 1.29 is 9.59 Å². The first-order chi connectivity index (χ1) is 14.9. The van der Waals surface area contributed by atoms with Crippen LogP contribution in [0.3, 0.4) is 0 Å². The van der Waals surface area contributed by atoms with E-state index in [-0.39, 0.29) is 23.4 Å². The monoisotopic (exact) mass is 482 g/mol. The molecule has 9 heteroatoms. The maximum Gasteiger partial charge on any atom is 0.278 e. The first-order valence-electron chi connectivity index (χ1n) is 10.1. The SMILES string of the molecule is Cc1c(C(=O)Nc2ccccc2N2CCC(C(N)=O)CC2)nnn1-c1cccc(Br)c1. The molecule has 0 atom stereocenters. The van der Waals surface area contributed by atoms with Gasteiger partial charge in [0.2, 0.25) is 5.91 Å². The Morgan fingerprint density at radius 2 is 1.87 bits per heavy atom. The summed E-state index contributed by atoms with van der Waals surface area (Å²) in [5, 5.41) is 11.2. The van der Waals surface area contributed by atoms with E-state index in [1.165, 1.54) is 0 Å². The van der Waals surface area contributed by atoms with E-state index in [1.54, 1.807) is 4.68 Å². The largest absolute Gasteiger partial charge is 0.370 e. The van der Waals surface area contributed by atoms with E-state index in [1.807, 2.05) is 55.5 Å². The number of primary amides is 1. The van der Waals surface area contributed by atoms with Crippen LogP contribution < -0.4 is 16.0 Å². The number of anilines is 2. The lowest BCUT2D eigenvalue weighted by Crippen LogP contribution is -2.38. The number of benzene rings is 2. The maximum atomic E-state index is 13.0. The zero-order chi connectivity index (χ0) is 22.0. The molecular formula is C22H23BrN6O2. The zero-order valence-electron chi connectivity index (χ0n) is 17.1. The second kappa shape index (κ2) is 8.89. The number of carbonyl (C=O) groups is 2. The van der Waals surface area contributed by atoms with Gasteiger partial charge in [-0.05, 0) is 50.1 Å². The third-order valence-corrected chi connectivity index (χ3v) is 6.05. The molecule has 8 nitrogen and oxygen atoms in total. The number of hydrogen-bond donors (Lipinski definition) is 2. The highest BCUT2D eigenvalue weighted by Crippen LogP contribution is 2.30. The summed E-state index contributed by atoms with van der Waals surface area (Å²) in [4.78, 5) is 26.6. The van der Waals surface area contributed by atoms with Crippen molar-refractivity contribution >= 4 is 39.1 Å². The molecule has 1 fully saturated rings. The van der Waals surface area contributed by atoms with Crippen molar-refractivity contribution in [3.05, 3.63) is 64.4 Å².